The number of aromatic nitrogens is 3. The Morgan fingerprint density at radius 3 is 2.77 bits per heavy atom. The van der Waals surface area contributed by atoms with E-state index >= 15 is 0 Å². The number of aliphatic hydroxyl groups is 1. The van der Waals surface area contributed by atoms with E-state index in [1.165, 1.54) is 0 Å². The van der Waals surface area contributed by atoms with Crippen LogP contribution in [-0.2, 0) is 11.2 Å². The second kappa shape index (κ2) is 7.78. The van der Waals surface area contributed by atoms with E-state index in [4.69, 9.17) is 0 Å². The second-order valence-corrected chi connectivity index (χ2v) is 6.92. The number of carbonyl (C=O) groups excluding carboxylic acids is 1. The molecule has 26 heavy (non-hydrogen) atoms. The van der Waals surface area contributed by atoms with Gasteiger partial charge in [-0.15, -0.1) is 0 Å². The number of carbonyl (C=O) groups is 1. The van der Waals surface area contributed by atoms with E-state index < -0.39 is 0 Å². The summed E-state index contributed by atoms with van der Waals surface area (Å²) in [6.07, 6.45) is 3.57. The number of nitrogens with one attached hydrogen (secondary N) is 2. The van der Waals surface area contributed by atoms with E-state index in [9.17, 15) is 14.7 Å². The van der Waals surface area contributed by atoms with Crippen molar-refractivity contribution in [3.63, 3.8) is 0 Å². The summed E-state index contributed by atoms with van der Waals surface area (Å²) in [6.45, 7) is 3.59. The largest absolute Gasteiger partial charge is 0.393 e. The van der Waals surface area contributed by atoms with Gasteiger partial charge in [-0.2, -0.15) is 4.98 Å². The van der Waals surface area contributed by atoms with Crippen molar-refractivity contribution in [3.05, 3.63) is 57.5 Å². The number of hydrogen-bond donors (Lipinski definition) is 3. The smallest absolute Gasteiger partial charge is 0.345 e. The number of hydrogen-bond acceptors (Lipinski definition) is 5. The van der Waals surface area contributed by atoms with Gasteiger partial charge in [0.05, 0.1) is 17.8 Å². The van der Waals surface area contributed by atoms with Crippen LogP contribution in [0, 0.1) is 19.8 Å². The van der Waals surface area contributed by atoms with E-state index in [-0.39, 0.29) is 29.7 Å². The Kier molecular flexibility index (Phi) is 5.46. The normalized spacial score (nSPS) is 20.3. The molecule has 7 nitrogen and oxygen atoms in total. The fourth-order valence-corrected chi connectivity index (χ4v) is 3.50. The van der Waals surface area contributed by atoms with Crippen molar-refractivity contribution in [3.8, 4) is 0 Å². The van der Waals surface area contributed by atoms with Gasteiger partial charge in [0.15, 0.2) is 0 Å². The van der Waals surface area contributed by atoms with Gasteiger partial charge in [0.2, 0.25) is 5.91 Å². The molecular formula is C19H24N4O3. The fraction of sp³-hybridized carbons (Fsp3) is 0.474. The predicted molar refractivity (Wildman–Crippen MR) is 96.5 cm³/mol. The Morgan fingerprint density at radius 2 is 2.15 bits per heavy atom. The first-order valence-corrected chi connectivity index (χ1v) is 8.88. The number of rotatable bonds is 6. The molecule has 2 heterocycles. The van der Waals surface area contributed by atoms with Crippen LogP contribution in [0.2, 0.25) is 0 Å². The van der Waals surface area contributed by atoms with E-state index in [0.29, 0.717) is 31.4 Å². The molecule has 1 aliphatic rings. The zero-order valence-electron chi connectivity index (χ0n) is 15.0. The number of aliphatic hydroxyl groups excluding tert-OH is 1. The molecule has 138 valence electrons. The Balaban J connectivity index is 1.66. The van der Waals surface area contributed by atoms with Crippen molar-refractivity contribution in [2.75, 3.05) is 0 Å². The van der Waals surface area contributed by atoms with E-state index in [0.717, 1.165) is 17.0 Å². The molecule has 0 aliphatic heterocycles. The molecule has 7 heteroatoms. The first kappa shape index (κ1) is 18.3. The summed E-state index contributed by atoms with van der Waals surface area (Å²) in [4.78, 5) is 34.8. The summed E-state index contributed by atoms with van der Waals surface area (Å²) in [5, 5.41) is 12.7. The molecule has 1 amide bonds. The summed E-state index contributed by atoms with van der Waals surface area (Å²) in [5.74, 6) is 0.120. The van der Waals surface area contributed by atoms with Crippen molar-refractivity contribution < 1.29 is 9.90 Å². The number of pyridine rings is 1. The van der Waals surface area contributed by atoms with Crippen molar-refractivity contribution in [1.29, 1.82) is 0 Å². The standard InChI is InChI=1S/C19H24N4O3/c1-11-15(12(2)22-19(26)21-11)6-7-17(25)23-18(13-9-14(24)10-13)16-5-3-4-8-20-16/h3-5,8,13-14,18,24H,6-7,9-10H2,1-2H3,(H,23,25)(H,21,22,26)/t13?,14?,18-/m0/s1. The molecule has 1 atom stereocenters. The summed E-state index contributed by atoms with van der Waals surface area (Å²) >= 11 is 0. The molecule has 2 aromatic rings. The van der Waals surface area contributed by atoms with E-state index in [2.05, 4.69) is 20.3 Å². The van der Waals surface area contributed by atoms with Gasteiger partial charge in [-0.25, -0.2) is 4.79 Å². The van der Waals surface area contributed by atoms with Crippen LogP contribution in [0.25, 0.3) is 0 Å². The highest BCUT2D eigenvalue weighted by atomic mass is 16.3. The van der Waals surface area contributed by atoms with Crippen molar-refractivity contribution in [1.82, 2.24) is 20.3 Å². The third-order valence-electron chi connectivity index (χ3n) is 5.00. The third-order valence-corrected chi connectivity index (χ3v) is 5.00. The van der Waals surface area contributed by atoms with Gasteiger partial charge in [0, 0.05) is 24.0 Å². The Morgan fingerprint density at radius 1 is 1.38 bits per heavy atom. The molecule has 1 saturated carbocycles. The van der Waals surface area contributed by atoms with Gasteiger partial charge in [0.25, 0.3) is 0 Å². The van der Waals surface area contributed by atoms with Crippen LogP contribution in [0.4, 0.5) is 0 Å². The monoisotopic (exact) mass is 356 g/mol. The topological polar surface area (TPSA) is 108 Å². The lowest BCUT2D eigenvalue weighted by molar-refractivity contribution is -0.123. The maximum absolute atomic E-state index is 12.5. The molecule has 1 fully saturated rings. The Labute approximate surface area is 151 Å². The molecule has 0 unspecified atom stereocenters. The molecule has 3 rings (SSSR count). The number of amides is 1. The Hall–Kier alpha value is -2.54. The lowest BCUT2D eigenvalue weighted by Crippen LogP contribution is -2.41. The SMILES string of the molecule is Cc1nc(=O)[nH]c(C)c1CCC(=O)N[C@H](c1ccccn1)C1CC(O)C1. The van der Waals surface area contributed by atoms with Gasteiger partial charge in [-0.1, -0.05) is 6.07 Å². The maximum atomic E-state index is 12.5. The van der Waals surface area contributed by atoms with Crippen LogP contribution in [0.5, 0.6) is 0 Å². The van der Waals surface area contributed by atoms with Crippen molar-refractivity contribution in [2.24, 2.45) is 5.92 Å². The molecule has 3 N–H and O–H groups in total. The molecule has 0 bridgehead atoms. The van der Waals surface area contributed by atoms with Crippen LogP contribution < -0.4 is 11.0 Å². The lowest BCUT2D eigenvalue weighted by Gasteiger charge is -2.37. The minimum Gasteiger partial charge on any atom is -0.393 e. The number of aromatic amines is 1. The quantitative estimate of drug-likeness (QED) is 0.724. The minimum absolute atomic E-state index is 0.0768. The van der Waals surface area contributed by atoms with E-state index in [1.54, 1.807) is 13.1 Å². The van der Waals surface area contributed by atoms with Crippen LogP contribution in [0.15, 0.2) is 29.2 Å². The van der Waals surface area contributed by atoms with Crippen LogP contribution in [0.3, 0.4) is 0 Å². The average Bonchev–Trinajstić information content (AvgIpc) is 2.57. The third kappa shape index (κ3) is 4.16. The van der Waals surface area contributed by atoms with Crippen LogP contribution in [-0.4, -0.2) is 32.1 Å². The first-order valence-electron chi connectivity index (χ1n) is 8.88. The van der Waals surface area contributed by atoms with Crippen molar-refractivity contribution >= 4 is 5.91 Å². The van der Waals surface area contributed by atoms with Gasteiger partial charge < -0.3 is 15.4 Å². The maximum Gasteiger partial charge on any atom is 0.345 e. The zero-order chi connectivity index (χ0) is 18.7. The molecule has 0 spiro atoms. The summed E-state index contributed by atoms with van der Waals surface area (Å²) in [6, 6.07) is 5.45. The number of aryl methyl sites for hydroxylation is 2. The van der Waals surface area contributed by atoms with Crippen molar-refractivity contribution in [2.45, 2.75) is 51.7 Å². The number of nitrogens with zero attached hydrogens (tertiary/aromatic N) is 2. The van der Waals surface area contributed by atoms with E-state index in [1.807, 2.05) is 25.1 Å². The average molecular weight is 356 g/mol. The molecular weight excluding hydrogens is 332 g/mol. The summed E-state index contributed by atoms with van der Waals surface area (Å²) in [7, 11) is 0. The highest BCUT2D eigenvalue weighted by Crippen LogP contribution is 2.37. The molecule has 0 aromatic carbocycles. The van der Waals surface area contributed by atoms with Gasteiger partial charge in [-0.05, 0) is 56.7 Å². The summed E-state index contributed by atoms with van der Waals surface area (Å²) in [5.41, 5.74) is 2.75. The second-order valence-electron chi connectivity index (χ2n) is 6.92. The summed E-state index contributed by atoms with van der Waals surface area (Å²) < 4.78 is 0. The van der Waals surface area contributed by atoms with Gasteiger partial charge in [0.1, 0.15) is 0 Å². The molecule has 2 aromatic heterocycles. The fourth-order valence-electron chi connectivity index (χ4n) is 3.50. The highest BCUT2D eigenvalue weighted by Gasteiger charge is 2.36. The van der Waals surface area contributed by atoms with Crippen LogP contribution >= 0.6 is 0 Å². The minimum atomic E-state index is -0.369. The molecule has 0 saturated heterocycles. The van der Waals surface area contributed by atoms with Gasteiger partial charge >= 0.3 is 5.69 Å². The highest BCUT2D eigenvalue weighted by molar-refractivity contribution is 5.76. The molecule has 1 aliphatic carbocycles. The van der Waals surface area contributed by atoms with Crippen LogP contribution in [0.1, 0.15) is 47.9 Å². The first-order chi connectivity index (χ1) is 12.4. The Bertz CT molecular complexity index is 802. The predicted octanol–water partition coefficient (Wildman–Crippen LogP) is 1.34. The van der Waals surface area contributed by atoms with Gasteiger partial charge in [-0.3, -0.25) is 9.78 Å². The molecule has 0 radical (unpaired) electrons. The zero-order valence-corrected chi connectivity index (χ0v) is 15.0. The number of H-pyrrole nitrogens is 1. The lowest BCUT2D eigenvalue weighted by atomic mass is 9.76.